The van der Waals surface area contributed by atoms with Gasteiger partial charge in [0.1, 0.15) is 6.54 Å². The van der Waals surface area contributed by atoms with Crippen molar-refractivity contribution in [2.45, 2.75) is 25.9 Å². The minimum absolute atomic E-state index is 0.113. The minimum Gasteiger partial charge on any atom is -0.341 e. The molecule has 20 heavy (non-hydrogen) atoms. The molecule has 1 fully saturated rings. The summed E-state index contributed by atoms with van der Waals surface area (Å²) < 4.78 is 1.57. The zero-order chi connectivity index (χ0) is 14.5. The van der Waals surface area contributed by atoms with E-state index in [0.717, 1.165) is 32.5 Å². The fourth-order valence-electron chi connectivity index (χ4n) is 2.63. The Morgan fingerprint density at radius 3 is 2.70 bits per heavy atom. The Hall–Kier alpha value is -1.47. The van der Waals surface area contributed by atoms with Gasteiger partial charge in [0.15, 0.2) is 0 Å². The molecule has 7 heteroatoms. The van der Waals surface area contributed by atoms with E-state index in [9.17, 15) is 4.79 Å². The first-order valence-electron chi connectivity index (χ1n) is 7.10. The van der Waals surface area contributed by atoms with Gasteiger partial charge in [-0.15, -0.1) is 5.10 Å². The molecule has 1 aliphatic heterocycles. The first-order chi connectivity index (χ1) is 9.58. The van der Waals surface area contributed by atoms with Gasteiger partial charge in [-0.05, 0) is 32.9 Å². The molecule has 0 spiro atoms. The summed E-state index contributed by atoms with van der Waals surface area (Å²) in [6.45, 7) is 3.39. The van der Waals surface area contributed by atoms with Gasteiger partial charge in [0.25, 0.3) is 0 Å². The molecular weight excluding hydrogens is 256 g/mol. The van der Waals surface area contributed by atoms with Crippen molar-refractivity contribution in [2.75, 3.05) is 33.7 Å². The van der Waals surface area contributed by atoms with Crippen molar-refractivity contribution in [1.29, 1.82) is 0 Å². The van der Waals surface area contributed by atoms with Gasteiger partial charge in [0.2, 0.25) is 5.91 Å². The number of aromatic nitrogens is 3. The second-order valence-electron chi connectivity index (χ2n) is 5.70. The van der Waals surface area contributed by atoms with Crippen molar-refractivity contribution < 1.29 is 4.79 Å². The third-order valence-electron chi connectivity index (χ3n) is 3.68. The van der Waals surface area contributed by atoms with Gasteiger partial charge in [0.05, 0.1) is 11.9 Å². The fraction of sp³-hybridized carbons (Fsp3) is 0.769. The van der Waals surface area contributed by atoms with E-state index in [1.54, 1.807) is 10.9 Å². The molecule has 7 nitrogen and oxygen atoms in total. The van der Waals surface area contributed by atoms with Crippen molar-refractivity contribution in [3.63, 3.8) is 0 Å². The van der Waals surface area contributed by atoms with Crippen LogP contribution in [0.1, 0.15) is 18.5 Å². The molecule has 0 bridgehead atoms. The van der Waals surface area contributed by atoms with Crippen molar-refractivity contribution >= 4 is 5.91 Å². The Kier molecular flexibility index (Phi) is 5.08. The smallest absolute Gasteiger partial charge is 0.244 e. The molecule has 2 N–H and O–H groups in total. The molecule has 1 saturated heterocycles. The highest BCUT2D eigenvalue weighted by atomic mass is 16.2. The minimum atomic E-state index is 0.113. The average Bonchev–Trinajstić information content (AvgIpc) is 2.86. The predicted molar refractivity (Wildman–Crippen MR) is 75.8 cm³/mol. The molecule has 2 rings (SSSR count). The van der Waals surface area contributed by atoms with Crippen LogP contribution in [-0.2, 0) is 17.9 Å². The van der Waals surface area contributed by atoms with Crippen LogP contribution < -0.4 is 5.73 Å². The Balaban J connectivity index is 1.79. The Morgan fingerprint density at radius 1 is 1.45 bits per heavy atom. The van der Waals surface area contributed by atoms with Crippen LogP contribution in [-0.4, -0.2) is 64.4 Å². The monoisotopic (exact) mass is 280 g/mol. The summed E-state index contributed by atoms with van der Waals surface area (Å²) in [5, 5.41) is 7.80. The van der Waals surface area contributed by atoms with Crippen molar-refractivity contribution in [2.24, 2.45) is 11.7 Å². The molecule has 0 radical (unpaired) electrons. The number of carbonyl (C=O) groups excluding carboxylic acids is 1. The summed E-state index contributed by atoms with van der Waals surface area (Å²) in [6.07, 6.45) is 3.89. The standard InChI is InChI=1S/C13H24N6O/c1-17(2)8-11-3-5-18(6-4-11)13(20)10-19-9-12(7-14)15-16-19/h9,11H,3-8,10,14H2,1-2H3. The Bertz CT molecular complexity index is 436. The number of likely N-dealkylation sites (tertiary alicyclic amines) is 1. The number of rotatable bonds is 5. The van der Waals surface area contributed by atoms with Crippen molar-refractivity contribution in [1.82, 2.24) is 24.8 Å². The number of amides is 1. The highest BCUT2D eigenvalue weighted by molar-refractivity contribution is 5.75. The third-order valence-corrected chi connectivity index (χ3v) is 3.68. The lowest BCUT2D eigenvalue weighted by Crippen LogP contribution is -2.42. The van der Waals surface area contributed by atoms with Gasteiger partial charge in [-0.2, -0.15) is 0 Å². The molecule has 0 aliphatic carbocycles. The van der Waals surface area contributed by atoms with E-state index in [-0.39, 0.29) is 12.5 Å². The maximum Gasteiger partial charge on any atom is 0.244 e. The molecule has 1 amide bonds. The quantitative estimate of drug-likeness (QED) is 0.789. The fourth-order valence-corrected chi connectivity index (χ4v) is 2.63. The van der Waals surface area contributed by atoms with Crippen LogP contribution in [0.15, 0.2) is 6.20 Å². The maximum absolute atomic E-state index is 12.2. The van der Waals surface area contributed by atoms with E-state index < -0.39 is 0 Å². The van der Waals surface area contributed by atoms with Gasteiger partial charge < -0.3 is 15.5 Å². The zero-order valence-corrected chi connectivity index (χ0v) is 12.3. The lowest BCUT2D eigenvalue weighted by Gasteiger charge is -2.33. The highest BCUT2D eigenvalue weighted by Crippen LogP contribution is 2.17. The van der Waals surface area contributed by atoms with Gasteiger partial charge in [-0.25, -0.2) is 4.68 Å². The number of carbonyl (C=O) groups is 1. The number of piperidine rings is 1. The first-order valence-corrected chi connectivity index (χ1v) is 7.10. The van der Waals surface area contributed by atoms with Gasteiger partial charge in [0, 0.05) is 26.2 Å². The molecule has 0 atom stereocenters. The number of nitrogens with zero attached hydrogens (tertiary/aromatic N) is 5. The highest BCUT2D eigenvalue weighted by Gasteiger charge is 2.23. The number of hydrogen-bond acceptors (Lipinski definition) is 5. The molecule has 1 aliphatic rings. The SMILES string of the molecule is CN(C)CC1CCN(C(=O)Cn2cc(CN)nn2)CC1. The summed E-state index contributed by atoms with van der Waals surface area (Å²) in [5.41, 5.74) is 6.19. The van der Waals surface area contributed by atoms with Crippen LogP contribution in [0.5, 0.6) is 0 Å². The third kappa shape index (κ3) is 4.01. The van der Waals surface area contributed by atoms with Crippen molar-refractivity contribution in [3.05, 3.63) is 11.9 Å². The van der Waals surface area contributed by atoms with Crippen molar-refractivity contribution in [3.8, 4) is 0 Å². The lowest BCUT2D eigenvalue weighted by atomic mass is 9.96. The van der Waals surface area contributed by atoms with E-state index in [1.807, 2.05) is 4.90 Å². The van der Waals surface area contributed by atoms with Gasteiger partial charge in [-0.3, -0.25) is 4.79 Å². The Morgan fingerprint density at radius 2 is 2.15 bits per heavy atom. The lowest BCUT2D eigenvalue weighted by molar-refractivity contribution is -0.133. The number of hydrogen-bond donors (Lipinski definition) is 1. The average molecular weight is 280 g/mol. The van der Waals surface area contributed by atoms with E-state index >= 15 is 0 Å². The zero-order valence-electron chi connectivity index (χ0n) is 12.3. The van der Waals surface area contributed by atoms with E-state index in [0.29, 0.717) is 18.2 Å². The van der Waals surface area contributed by atoms with Crippen LogP contribution in [0.3, 0.4) is 0 Å². The predicted octanol–water partition coefficient (Wildman–Crippen LogP) is -0.463. The van der Waals surface area contributed by atoms with Crippen LogP contribution in [0.25, 0.3) is 0 Å². The molecule has 2 heterocycles. The molecule has 0 saturated carbocycles. The van der Waals surface area contributed by atoms with Crippen LogP contribution in [0.4, 0.5) is 0 Å². The summed E-state index contributed by atoms with van der Waals surface area (Å²) >= 11 is 0. The Labute approximate surface area is 119 Å². The first kappa shape index (κ1) is 14.9. The molecular formula is C13H24N6O. The molecule has 1 aromatic rings. The van der Waals surface area contributed by atoms with E-state index in [1.165, 1.54) is 0 Å². The van der Waals surface area contributed by atoms with Gasteiger partial charge >= 0.3 is 0 Å². The normalized spacial score (nSPS) is 16.9. The molecule has 112 valence electrons. The maximum atomic E-state index is 12.2. The second-order valence-corrected chi connectivity index (χ2v) is 5.70. The summed E-state index contributed by atoms with van der Waals surface area (Å²) in [7, 11) is 4.19. The van der Waals surface area contributed by atoms with Crippen LogP contribution in [0, 0.1) is 5.92 Å². The van der Waals surface area contributed by atoms with Crippen LogP contribution in [0.2, 0.25) is 0 Å². The molecule has 0 aromatic carbocycles. The summed E-state index contributed by atoms with van der Waals surface area (Å²) in [6, 6.07) is 0. The van der Waals surface area contributed by atoms with E-state index in [4.69, 9.17) is 5.73 Å². The summed E-state index contributed by atoms with van der Waals surface area (Å²) in [5.74, 6) is 0.811. The number of nitrogens with two attached hydrogens (primary N) is 1. The topological polar surface area (TPSA) is 80.3 Å². The van der Waals surface area contributed by atoms with E-state index in [2.05, 4.69) is 29.3 Å². The summed E-state index contributed by atoms with van der Waals surface area (Å²) in [4.78, 5) is 16.3. The van der Waals surface area contributed by atoms with Crippen LogP contribution >= 0.6 is 0 Å². The molecule has 0 unspecified atom stereocenters. The molecule has 1 aromatic heterocycles. The second kappa shape index (κ2) is 6.81. The van der Waals surface area contributed by atoms with Gasteiger partial charge in [-0.1, -0.05) is 5.21 Å². The largest absolute Gasteiger partial charge is 0.341 e.